The lowest BCUT2D eigenvalue weighted by atomic mass is 10.1. The Morgan fingerprint density at radius 1 is 0.391 bits per heavy atom. The van der Waals surface area contributed by atoms with Crippen molar-refractivity contribution in [3.05, 3.63) is 133 Å². The molecule has 6 aromatic carbocycles. The zero-order chi connectivity index (χ0) is 30.2. The van der Waals surface area contributed by atoms with Gasteiger partial charge in [0.05, 0.1) is 11.0 Å². The van der Waals surface area contributed by atoms with Crippen LogP contribution in [0.2, 0.25) is 0 Å². The lowest BCUT2D eigenvalue weighted by molar-refractivity contribution is 0.574. The van der Waals surface area contributed by atoms with E-state index in [1.54, 1.807) is 0 Å². The van der Waals surface area contributed by atoms with Crippen molar-refractivity contribution in [2.75, 3.05) is 0 Å². The molecule has 0 spiro atoms. The van der Waals surface area contributed by atoms with E-state index in [2.05, 4.69) is 47.0 Å². The van der Waals surface area contributed by atoms with E-state index in [4.69, 9.17) is 28.2 Å². The molecule has 0 radical (unpaired) electrons. The molecule has 4 aromatic heterocycles. The maximum atomic E-state index is 6.36. The second kappa shape index (κ2) is 9.51. The standard InChI is InChI=1S/C39H22N4O3/c1-2-8-23(9-3-1)24-14-17-31-36(22-24)45-38(41-31)26-16-19-33-28(21-26)27-20-25(37-40-29-10-4-6-12-34(29)44-37)15-18-32(27)43(33)39-42-30-11-5-7-13-35(30)46-39/h1-22H. The first-order chi connectivity index (χ1) is 22.7. The summed E-state index contributed by atoms with van der Waals surface area (Å²) in [5.74, 6) is 1.12. The molecule has 0 N–H and O–H groups in total. The molecular weight excluding hydrogens is 572 g/mol. The molecule has 0 saturated carbocycles. The molecule has 0 saturated heterocycles. The first kappa shape index (κ1) is 24.9. The summed E-state index contributed by atoms with van der Waals surface area (Å²) in [5, 5.41) is 2.00. The molecule has 46 heavy (non-hydrogen) atoms. The van der Waals surface area contributed by atoms with Crippen molar-refractivity contribution in [2.24, 2.45) is 0 Å². The zero-order valence-electron chi connectivity index (χ0n) is 24.2. The molecule has 10 aromatic rings. The van der Waals surface area contributed by atoms with Gasteiger partial charge in [-0.05, 0) is 83.9 Å². The summed E-state index contributed by atoms with van der Waals surface area (Å²) in [7, 11) is 0. The van der Waals surface area contributed by atoms with Crippen LogP contribution in [-0.4, -0.2) is 19.5 Å². The summed E-state index contributed by atoms with van der Waals surface area (Å²) in [5.41, 5.74) is 10.5. The molecule has 4 heterocycles. The van der Waals surface area contributed by atoms with Crippen LogP contribution in [0, 0.1) is 0 Å². The van der Waals surface area contributed by atoms with Crippen molar-refractivity contribution in [1.82, 2.24) is 19.5 Å². The third-order valence-electron chi connectivity index (χ3n) is 8.52. The van der Waals surface area contributed by atoms with Crippen molar-refractivity contribution in [3.8, 4) is 40.0 Å². The van der Waals surface area contributed by atoms with E-state index < -0.39 is 0 Å². The van der Waals surface area contributed by atoms with Gasteiger partial charge in [0.2, 0.25) is 11.8 Å². The highest BCUT2D eigenvalue weighted by atomic mass is 16.4. The summed E-state index contributed by atoms with van der Waals surface area (Å²) < 4.78 is 20.8. The van der Waals surface area contributed by atoms with Gasteiger partial charge in [-0.2, -0.15) is 4.98 Å². The predicted octanol–water partition coefficient (Wildman–Crippen LogP) is 10.2. The minimum atomic E-state index is 0.499. The minimum Gasteiger partial charge on any atom is -0.436 e. The number of benzene rings is 6. The molecule has 10 rings (SSSR count). The molecule has 0 fully saturated rings. The van der Waals surface area contributed by atoms with Gasteiger partial charge in [0.15, 0.2) is 16.7 Å². The fourth-order valence-electron chi connectivity index (χ4n) is 6.31. The molecule has 7 nitrogen and oxygen atoms in total. The van der Waals surface area contributed by atoms with E-state index in [1.165, 1.54) is 0 Å². The lowest BCUT2D eigenvalue weighted by Gasteiger charge is -2.02. The summed E-state index contributed by atoms with van der Waals surface area (Å²) in [6, 6.07) is 44.9. The normalized spacial score (nSPS) is 11.9. The molecule has 0 atom stereocenters. The highest BCUT2D eigenvalue weighted by molar-refractivity contribution is 6.11. The van der Waals surface area contributed by atoms with E-state index in [0.29, 0.717) is 17.8 Å². The van der Waals surface area contributed by atoms with Crippen LogP contribution < -0.4 is 0 Å². The fourth-order valence-corrected chi connectivity index (χ4v) is 6.31. The number of hydrogen-bond acceptors (Lipinski definition) is 6. The minimum absolute atomic E-state index is 0.499. The van der Waals surface area contributed by atoms with Crippen LogP contribution in [0.1, 0.15) is 0 Å². The van der Waals surface area contributed by atoms with Crippen LogP contribution in [-0.2, 0) is 0 Å². The molecule has 0 aliphatic heterocycles. The Labute approximate surface area is 261 Å². The fraction of sp³-hybridized carbons (Fsp3) is 0. The lowest BCUT2D eigenvalue weighted by Crippen LogP contribution is -1.93. The Kier molecular flexibility index (Phi) is 5.15. The summed E-state index contributed by atoms with van der Waals surface area (Å²) in [4.78, 5) is 14.5. The number of nitrogens with zero attached hydrogens (tertiary/aromatic N) is 4. The van der Waals surface area contributed by atoms with Gasteiger partial charge in [0, 0.05) is 21.9 Å². The highest BCUT2D eigenvalue weighted by Crippen LogP contribution is 2.38. The summed E-state index contributed by atoms with van der Waals surface area (Å²) >= 11 is 0. The predicted molar refractivity (Wildman–Crippen MR) is 180 cm³/mol. The monoisotopic (exact) mass is 594 g/mol. The van der Waals surface area contributed by atoms with Gasteiger partial charge < -0.3 is 13.3 Å². The van der Waals surface area contributed by atoms with Crippen molar-refractivity contribution >= 4 is 55.1 Å². The largest absolute Gasteiger partial charge is 0.436 e. The van der Waals surface area contributed by atoms with Gasteiger partial charge >= 0.3 is 6.01 Å². The van der Waals surface area contributed by atoms with E-state index in [9.17, 15) is 0 Å². The zero-order valence-corrected chi connectivity index (χ0v) is 24.2. The van der Waals surface area contributed by atoms with Gasteiger partial charge in [-0.25, -0.2) is 9.97 Å². The number of aromatic nitrogens is 4. The summed E-state index contributed by atoms with van der Waals surface area (Å²) in [6.07, 6.45) is 0. The van der Waals surface area contributed by atoms with Crippen LogP contribution in [0.5, 0.6) is 0 Å². The van der Waals surface area contributed by atoms with Crippen molar-refractivity contribution < 1.29 is 13.3 Å². The van der Waals surface area contributed by atoms with Crippen LogP contribution in [0.3, 0.4) is 0 Å². The number of rotatable bonds is 4. The quantitative estimate of drug-likeness (QED) is 0.202. The smallest absolute Gasteiger partial charge is 0.307 e. The third kappa shape index (κ3) is 3.82. The topological polar surface area (TPSA) is 83.0 Å². The van der Waals surface area contributed by atoms with Gasteiger partial charge in [0.25, 0.3) is 0 Å². The van der Waals surface area contributed by atoms with Crippen molar-refractivity contribution in [2.45, 2.75) is 0 Å². The van der Waals surface area contributed by atoms with Gasteiger partial charge in [-0.3, -0.25) is 4.57 Å². The van der Waals surface area contributed by atoms with Gasteiger partial charge in [0.1, 0.15) is 16.6 Å². The number of para-hydroxylation sites is 4. The molecule has 0 amide bonds. The van der Waals surface area contributed by atoms with Crippen molar-refractivity contribution in [1.29, 1.82) is 0 Å². The summed E-state index contributed by atoms with van der Waals surface area (Å²) in [6.45, 7) is 0. The maximum Gasteiger partial charge on any atom is 0.307 e. The molecular formula is C39H22N4O3. The Bertz CT molecular complexity index is 2700. The molecule has 216 valence electrons. The average Bonchev–Trinajstić information content (AvgIpc) is 3.90. The Morgan fingerprint density at radius 2 is 0.935 bits per heavy atom. The second-order valence-corrected chi connectivity index (χ2v) is 11.3. The van der Waals surface area contributed by atoms with Crippen LogP contribution in [0.15, 0.2) is 147 Å². The number of fused-ring (bicyclic) bond motifs is 6. The molecule has 0 aliphatic carbocycles. The molecule has 7 heteroatoms. The SMILES string of the molecule is c1ccc(-c2ccc3nc(-c4ccc5c(c4)c4cc(-c6nc7ccccc7o6)ccc4n5-c4nc5ccccc5o4)oc3c2)cc1. The Morgan fingerprint density at radius 3 is 1.59 bits per heavy atom. The molecule has 0 aliphatic rings. The van der Waals surface area contributed by atoms with E-state index in [1.807, 2.05) is 91.0 Å². The van der Waals surface area contributed by atoms with Gasteiger partial charge in [-0.15, -0.1) is 0 Å². The van der Waals surface area contributed by atoms with Crippen molar-refractivity contribution in [3.63, 3.8) is 0 Å². The molecule has 0 bridgehead atoms. The van der Waals surface area contributed by atoms with Gasteiger partial charge in [-0.1, -0.05) is 60.7 Å². The van der Waals surface area contributed by atoms with Crippen LogP contribution in [0.4, 0.5) is 0 Å². The van der Waals surface area contributed by atoms with Crippen LogP contribution >= 0.6 is 0 Å². The Hall–Kier alpha value is -6.47. The second-order valence-electron chi connectivity index (χ2n) is 11.3. The molecule has 0 unspecified atom stereocenters. The van der Waals surface area contributed by atoms with E-state index in [-0.39, 0.29) is 0 Å². The van der Waals surface area contributed by atoms with Crippen LogP contribution in [0.25, 0.3) is 95.2 Å². The Balaban J connectivity index is 1.17. The third-order valence-corrected chi connectivity index (χ3v) is 8.52. The average molecular weight is 595 g/mol. The highest BCUT2D eigenvalue weighted by Gasteiger charge is 2.20. The first-order valence-corrected chi connectivity index (χ1v) is 15.0. The first-order valence-electron chi connectivity index (χ1n) is 15.0. The number of hydrogen-bond donors (Lipinski definition) is 0. The van der Waals surface area contributed by atoms with E-state index in [0.717, 1.165) is 77.4 Å². The number of oxazole rings is 3. The maximum absolute atomic E-state index is 6.36. The van der Waals surface area contributed by atoms with E-state index >= 15 is 0 Å².